The first kappa shape index (κ1) is 15.5. The van der Waals surface area contributed by atoms with Gasteiger partial charge in [0, 0.05) is 42.4 Å². The van der Waals surface area contributed by atoms with E-state index in [2.05, 4.69) is 4.57 Å². The van der Waals surface area contributed by atoms with Gasteiger partial charge >= 0.3 is 0 Å². The van der Waals surface area contributed by atoms with E-state index in [1.165, 1.54) is 19.3 Å². The van der Waals surface area contributed by atoms with E-state index in [1.54, 1.807) is 12.1 Å². The number of non-ortho nitro benzene ring substituents is 1. The standard InChI is InChI=1S/C16H22N2O3/c19-12-6-4-2-1-3-5-10-17-11-9-14-13-15(18(20)21)7-8-16(14)17/h7-9,11,13,19H,1-6,10,12H2. The van der Waals surface area contributed by atoms with E-state index in [4.69, 9.17) is 5.11 Å². The van der Waals surface area contributed by atoms with Crippen LogP contribution in [-0.2, 0) is 6.54 Å². The van der Waals surface area contributed by atoms with Gasteiger partial charge in [-0.3, -0.25) is 10.1 Å². The van der Waals surface area contributed by atoms with Crippen LogP contribution in [0.1, 0.15) is 38.5 Å². The first-order valence-corrected chi connectivity index (χ1v) is 7.56. The Balaban J connectivity index is 1.84. The molecule has 114 valence electrons. The molecule has 0 radical (unpaired) electrons. The summed E-state index contributed by atoms with van der Waals surface area (Å²) in [6.07, 6.45) is 8.68. The Bertz CT molecular complexity index is 592. The molecule has 0 aliphatic heterocycles. The molecule has 0 spiro atoms. The number of hydrogen-bond acceptors (Lipinski definition) is 3. The van der Waals surface area contributed by atoms with Crippen molar-refractivity contribution in [1.29, 1.82) is 0 Å². The van der Waals surface area contributed by atoms with Gasteiger partial charge in [0.25, 0.3) is 5.69 Å². The zero-order valence-corrected chi connectivity index (χ0v) is 12.2. The van der Waals surface area contributed by atoms with Gasteiger partial charge in [-0.05, 0) is 25.0 Å². The molecule has 0 atom stereocenters. The zero-order chi connectivity index (χ0) is 15.1. The lowest BCUT2D eigenvalue weighted by Gasteiger charge is -2.05. The lowest BCUT2D eigenvalue weighted by atomic mass is 10.1. The summed E-state index contributed by atoms with van der Waals surface area (Å²) in [7, 11) is 0. The van der Waals surface area contributed by atoms with Gasteiger partial charge in [0.05, 0.1) is 4.92 Å². The fourth-order valence-corrected chi connectivity index (χ4v) is 2.60. The first-order chi connectivity index (χ1) is 10.2. The van der Waals surface area contributed by atoms with Crippen molar-refractivity contribution in [2.75, 3.05) is 6.61 Å². The average molecular weight is 290 g/mol. The minimum absolute atomic E-state index is 0.143. The van der Waals surface area contributed by atoms with Crippen molar-refractivity contribution < 1.29 is 10.0 Å². The fourth-order valence-electron chi connectivity index (χ4n) is 2.60. The fraction of sp³-hybridized carbons (Fsp3) is 0.500. The minimum atomic E-state index is -0.358. The smallest absolute Gasteiger partial charge is 0.270 e. The van der Waals surface area contributed by atoms with Crippen molar-refractivity contribution >= 4 is 16.6 Å². The number of nitro groups is 1. The second-order valence-corrected chi connectivity index (χ2v) is 5.35. The maximum absolute atomic E-state index is 10.8. The summed E-state index contributed by atoms with van der Waals surface area (Å²) in [5, 5.41) is 20.4. The Labute approximate surface area is 124 Å². The lowest BCUT2D eigenvalue weighted by molar-refractivity contribution is -0.384. The van der Waals surface area contributed by atoms with Crippen LogP contribution in [0, 0.1) is 10.1 Å². The largest absolute Gasteiger partial charge is 0.396 e. The van der Waals surface area contributed by atoms with E-state index in [1.807, 2.05) is 18.3 Å². The number of aryl methyl sites for hydroxylation is 1. The molecule has 1 N–H and O–H groups in total. The molecule has 2 rings (SSSR count). The molecular weight excluding hydrogens is 268 g/mol. The van der Waals surface area contributed by atoms with Crippen LogP contribution in [0.5, 0.6) is 0 Å². The van der Waals surface area contributed by atoms with Crippen molar-refractivity contribution in [2.45, 2.75) is 45.1 Å². The number of fused-ring (bicyclic) bond motifs is 1. The highest BCUT2D eigenvalue weighted by Crippen LogP contribution is 2.22. The third-order valence-corrected chi connectivity index (χ3v) is 3.77. The van der Waals surface area contributed by atoms with E-state index in [9.17, 15) is 10.1 Å². The van der Waals surface area contributed by atoms with E-state index < -0.39 is 0 Å². The summed E-state index contributed by atoms with van der Waals surface area (Å²) in [6, 6.07) is 6.95. The van der Waals surface area contributed by atoms with Crippen LogP contribution in [0.4, 0.5) is 5.69 Å². The maximum atomic E-state index is 10.8. The predicted molar refractivity (Wildman–Crippen MR) is 83.4 cm³/mol. The number of unbranched alkanes of at least 4 members (excludes halogenated alkanes) is 5. The Morgan fingerprint density at radius 2 is 1.76 bits per heavy atom. The quantitative estimate of drug-likeness (QED) is 0.433. The molecule has 0 unspecified atom stereocenters. The number of nitro benzene ring substituents is 1. The van der Waals surface area contributed by atoms with Crippen molar-refractivity contribution in [1.82, 2.24) is 4.57 Å². The molecule has 1 aromatic heterocycles. The highest BCUT2D eigenvalue weighted by Gasteiger charge is 2.08. The van der Waals surface area contributed by atoms with E-state index in [0.717, 1.165) is 36.7 Å². The number of rotatable bonds is 9. The summed E-state index contributed by atoms with van der Waals surface area (Å²) >= 11 is 0. The molecule has 21 heavy (non-hydrogen) atoms. The van der Waals surface area contributed by atoms with Crippen molar-refractivity contribution in [3.8, 4) is 0 Å². The lowest BCUT2D eigenvalue weighted by Crippen LogP contribution is -1.96. The summed E-state index contributed by atoms with van der Waals surface area (Å²) in [6.45, 7) is 1.24. The molecule has 0 aliphatic rings. The van der Waals surface area contributed by atoms with Crippen LogP contribution in [0.15, 0.2) is 30.5 Å². The molecule has 0 saturated heterocycles. The van der Waals surface area contributed by atoms with E-state index in [-0.39, 0.29) is 10.6 Å². The van der Waals surface area contributed by atoms with Gasteiger partial charge in [0.2, 0.25) is 0 Å². The van der Waals surface area contributed by atoms with Crippen molar-refractivity contribution in [2.24, 2.45) is 0 Å². The van der Waals surface area contributed by atoms with Crippen LogP contribution in [0.3, 0.4) is 0 Å². The summed E-state index contributed by atoms with van der Waals surface area (Å²) in [5.41, 5.74) is 1.20. The summed E-state index contributed by atoms with van der Waals surface area (Å²) < 4.78 is 2.16. The predicted octanol–water partition coefficient (Wildman–Crippen LogP) is 3.88. The number of aliphatic hydroxyl groups is 1. The van der Waals surface area contributed by atoms with Crippen LogP contribution in [-0.4, -0.2) is 21.2 Å². The molecule has 0 saturated carbocycles. The summed E-state index contributed by atoms with van der Waals surface area (Å²) in [5.74, 6) is 0. The third kappa shape index (κ3) is 4.29. The Hall–Kier alpha value is -1.88. The van der Waals surface area contributed by atoms with Gasteiger partial charge in [0.1, 0.15) is 0 Å². The molecular formula is C16H22N2O3. The number of benzene rings is 1. The van der Waals surface area contributed by atoms with Crippen LogP contribution in [0.25, 0.3) is 10.9 Å². The minimum Gasteiger partial charge on any atom is -0.396 e. The SMILES string of the molecule is O=[N+]([O-])c1ccc2c(ccn2CCCCCCCCO)c1. The van der Waals surface area contributed by atoms with E-state index >= 15 is 0 Å². The number of aromatic nitrogens is 1. The molecule has 5 heteroatoms. The number of hydrogen-bond donors (Lipinski definition) is 1. The second-order valence-electron chi connectivity index (χ2n) is 5.35. The van der Waals surface area contributed by atoms with Crippen molar-refractivity contribution in [3.05, 3.63) is 40.6 Å². The third-order valence-electron chi connectivity index (χ3n) is 3.77. The van der Waals surface area contributed by atoms with Gasteiger partial charge in [-0.2, -0.15) is 0 Å². The van der Waals surface area contributed by atoms with Crippen molar-refractivity contribution in [3.63, 3.8) is 0 Å². The summed E-state index contributed by atoms with van der Waals surface area (Å²) in [4.78, 5) is 10.4. The topological polar surface area (TPSA) is 68.3 Å². The second kappa shape index (κ2) is 7.78. The number of nitrogens with zero attached hydrogens (tertiary/aromatic N) is 2. The van der Waals surface area contributed by atoms with E-state index in [0.29, 0.717) is 6.61 Å². The first-order valence-electron chi connectivity index (χ1n) is 7.56. The molecule has 2 aromatic rings. The normalized spacial score (nSPS) is 11.1. The molecule has 0 bridgehead atoms. The van der Waals surface area contributed by atoms with Crippen LogP contribution in [0.2, 0.25) is 0 Å². The molecule has 0 amide bonds. The molecule has 0 fully saturated rings. The Kier molecular flexibility index (Phi) is 5.75. The average Bonchev–Trinajstić information content (AvgIpc) is 2.88. The van der Waals surface area contributed by atoms with Crippen LogP contribution >= 0.6 is 0 Å². The highest BCUT2D eigenvalue weighted by atomic mass is 16.6. The number of aliphatic hydroxyl groups excluding tert-OH is 1. The molecule has 0 aliphatic carbocycles. The van der Waals surface area contributed by atoms with Gasteiger partial charge < -0.3 is 9.67 Å². The molecule has 1 aromatic carbocycles. The molecule has 5 nitrogen and oxygen atoms in total. The Morgan fingerprint density at radius 3 is 2.48 bits per heavy atom. The van der Waals surface area contributed by atoms with Crippen LogP contribution < -0.4 is 0 Å². The highest BCUT2D eigenvalue weighted by molar-refractivity contribution is 5.82. The Morgan fingerprint density at radius 1 is 1.05 bits per heavy atom. The monoisotopic (exact) mass is 290 g/mol. The van der Waals surface area contributed by atoms with Gasteiger partial charge in [-0.1, -0.05) is 25.7 Å². The van der Waals surface area contributed by atoms with Gasteiger partial charge in [-0.15, -0.1) is 0 Å². The van der Waals surface area contributed by atoms with Gasteiger partial charge in [-0.25, -0.2) is 0 Å². The zero-order valence-electron chi connectivity index (χ0n) is 12.2. The van der Waals surface area contributed by atoms with Gasteiger partial charge in [0.15, 0.2) is 0 Å². The maximum Gasteiger partial charge on any atom is 0.270 e. The molecule has 1 heterocycles.